The molecule has 0 bridgehead atoms. The monoisotopic (exact) mass is 482 g/mol. The van der Waals surface area contributed by atoms with E-state index in [9.17, 15) is 27.6 Å². The van der Waals surface area contributed by atoms with Gasteiger partial charge >= 0.3 is 6.18 Å². The number of amides is 1. The van der Waals surface area contributed by atoms with Crippen molar-refractivity contribution in [2.45, 2.75) is 11.3 Å². The van der Waals surface area contributed by atoms with Gasteiger partial charge in [0, 0.05) is 22.9 Å². The fraction of sp³-hybridized carbons (Fsp3) is 0.0870. The third-order valence-corrected chi connectivity index (χ3v) is 6.20. The molecule has 0 atom stereocenters. The van der Waals surface area contributed by atoms with Crippen LogP contribution in [0.2, 0.25) is 0 Å². The Morgan fingerprint density at radius 3 is 2.35 bits per heavy atom. The maximum atomic E-state index is 13.0. The van der Waals surface area contributed by atoms with Gasteiger partial charge in [0.2, 0.25) is 5.91 Å². The molecule has 1 aliphatic rings. The maximum absolute atomic E-state index is 13.0. The van der Waals surface area contributed by atoms with Crippen molar-refractivity contribution in [2.24, 2.45) is 0 Å². The van der Waals surface area contributed by atoms with Gasteiger partial charge < -0.3 is 5.32 Å². The Hall–Kier alpha value is -3.99. The van der Waals surface area contributed by atoms with Crippen molar-refractivity contribution in [3.8, 4) is 0 Å². The number of hydrogen-bond donors (Lipinski definition) is 1. The summed E-state index contributed by atoms with van der Waals surface area (Å²) in [5.41, 5.74) is 0.370. The zero-order chi connectivity index (χ0) is 24.0. The van der Waals surface area contributed by atoms with Gasteiger partial charge in [-0.15, -0.1) is 10.2 Å². The van der Waals surface area contributed by atoms with E-state index in [-0.39, 0.29) is 50.5 Å². The fourth-order valence-corrected chi connectivity index (χ4v) is 4.42. The molecular weight excluding hydrogens is 469 g/mol. The minimum absolute atomic E-state index is 0.103. The SMILES string of the molecule is O=C(CSc1nnc2ccc(C(F)(F)F)cn12)Nc1cccc2c1C(=O)c1ccccc1C2=O. The van der Waals surface area contributed by atoms with Crippen LogP contribution in [0.15, 0.2) is 66.0 Å². The van der Waals surface area contributed by atoms with Gasteiger partial charge in [-0.3, -0.25) is 18.8 Å². The number of halogens is 3. The molecule has 0 unspecified atom stereocenters. The molecule has 1 amide bonds. The number of benzene rings is 2. The van der Waals surface area contributed by atoms with Gasteiger partial charge in [-0.2, -0.15) is 13.2 Å². The number of anilines is 1. The van der Waals surface area contributed by atoms with Crippen LogP contribution in [0, 0.1) is 0 Å². The van der Waals surface area contributed by atoms with Crippen LogP contribution < -0.4 is 5.32 Å². The minimum Gasteiger partial charge on any atom is -0.325 e. The summed E-state index contributed by atoms with van der Waals surface area (Å²) in [6.45, 7) is 0. The highest BCUT2D eigenvalue weighted by Gasteiger charge is 2.32. The number of ketones is 2. The molecule has 1 N–H and O–H groups in total. The molecule has 11 heteroatoms. The van der Waals surface area contributed by atoms with E-state index < -0.39 is 17.6 Å². The summed E-state index contributed by atoms with van der Waals surface area (Å²) < 4.78 is 40.2. The van der Waals surface area contributed by atoms with Crippen LogP contribution in [0.3, 0.4) is 0 Å². The standard InChI is InChI=1S/C23H13F3N4O3S/c24-23(25,26)12-8-9-17-28-29-22(30(17)10-12)34-11-18(31)27-16-7-3-6-15-19(16)21(33)14-5-2-1-4-13(14)20(15)32/h1-10H,11H2,(H,27,31). The van der Waals surface area contributed by atoms with Gasteiger partial charge in [-0.1, -0.05) is 48.2 Å². The number of pyridine rings is 1. The van der Waals surface area contributed by atoms with E-state index in [4.69, 9.17) is 0 Å². The maximum Gasteiger partial charge on any atom is 0.417 e. The Bertz CT molecular complexity index is 1500. The predicted octanol–water partition coefficient (Wildman–Crippen LogP) is 4.25. The number of carbonyl (C=O) groups is 3. The van der Waals surface area contributed by atoms with Crippen molar-refractivity contribution in [3.05, 3.63) is 88.6 Å². The van der Waals surface area contributed by atoms with Crippen molar-refractivity contribution in [1.29, 1.82) is 0 Å². The van der Waals surface area contributed by atoms with E-state index in [1.165, 1.54) is 18.2 Å². The zero-order valence-corrected chi connectivity index (χ0v) is 17.9. The molecule has 7 nitrogen and oxygen atoms in total. The zero-order valence-electron chi connectivity index (χ0n) is 17.1. The normalized spacial score (nSPS) is 13.0. The van der Waals surface area contributed by atoms with Gasteiger partial charge in [0.05, 0.1) is 22.6 Å². The van der Waals surface area contributed by atoms with E-state index in [0.29, 0.717) is 5.56 Å². The third-order valence-electron chi connectivity index (χ3n) is 5.26. The molecule has 2 heterocycles. The molecular formula is C23H13F3N4O3S. The first-order valence-electron chi connectivity index (χ1n) is 9.90. The van der Waals surface area contributed by atoms with Gasteiger partial charge in [-0.25, -0.2) is 0 Å². The smallest absolute Gasteiger partial charge is 0.325 e. The summed E-state index contributed by atoms with van der Waals surface area (Å²) in [7, 11) is 0. The van der Waals surface area contributed by atoms with Gasteiger partial charge in [0.25, 0.3) is 0 Å². The van der Waals surface area contributed by atoms with Crippen molar-refractivity contribution in [3.63, 3.8) is 0 Å². The largest absolute Gasteiger partial charge is 0.417 e. The van der Waals surface area contributed by atoms with Crippen LogP contribution in [0.4, 0.5) is 18.9 Å². The Labute approximate surface area is 194 Å². The quantitative estimate of drug-likeness (QED) is 0.385. The van der Waals surface area contributed by atoms with Crippen LogP contribution in [-0.2, 0) is 11.0 Å². The van der Waals surface area contributed by atoms with Gasteiger partial charge in [0.1, 0.15) is 0 Å². The van der Waals surface area contributed by atoms with Crippen LogP contribution in [0.5, 0.6) is 0 Å². The molecule has 5 rings (SSSR count). The van der Waals surface area contributed by atoms with E-state index >= 15 is 0 Å². The third kappa shape index (κ3) is 3.73. The lowest BCUT2D eigenvalue weighted by Gasteiger charge is -2.20. The first-order chi connectivity index (χ1) is 16.2. The van der Waals surface area contributed by atoms with Gasteiger partial charge in [-0.05, 0) is 18.2 Å². The number of aromatic nitrogens is 3. The molecule has 2 aromatic heterocycles. The molecule has 170 valence electrons. The average molecular weight is 482 g/mol. The number of carbonyl (C=O) groups excluding carboxylic acids is 3. The van der Waals surface area contributed by atoms with E-state index in [1.807, 2.05) is 0 Å². The van der Waals surface area contributed by atoms with Crippen LogP contribution in [-0.4, -0.2) is 37.8 Å². The first-order valence-corrected chi connectivity index (χ1v) is 10.9. The molecule has 0 spiro atoms. The predicted molar refractivity (Wildman–Crippen MR) is 117 cm³/mol. The Morgan fingerprint density at radius 1 is 0.912 bits per heavy atom. The number of nitrogens with one attached hydrogen (secondary N) is 1. The number of rotatable bonds is 4. The topological polar surface area (TPSA) is 93.4 Å². The molecule has 1 aliphatic carbocycles. The summed E-state index contributed by atoms with van der Waals surface area (Å²) in [4.78, 5) is 38.5. The highest BCUT2D eigenvalue weighted by Crippen LogP contribution is 2.33. The number of hydrogen-bond acceptors (Lipinski definition) is 6. The van der Waals surface area contributed by atoms with Crippen molar-refractivity contribution < 1.29 is 27.6 Å². The number of alkyl halides is 3. The fourth-order valence-electron chi connectivity index (χ4n) is 3.70. The molecule has 0 saturated carbocycles. The average Bonchev–Trinajstić information content (AvgIpc) is 3.23. The summed E-state index contributed by atoms with van der Waals surface area (Å²) in [5.74, 6) is -1.43. The lowest BCUT2D eigenvalue weighted by Crippen LogP contribution is -2.24. The molecule has 4 aromatic rings. The van der Waals surface area contributed by atoms with Crippen molar-refractivity contribution >= 4 is 40.6 Å². The molecule has 0 saturated heterocycles. The molecule has 0 aliphatic heterocycles. The molecule has 2 aromatic carbocycles. The number of thioether (sulfide) groups is 1. The number of fused-ring (bicyclic) bond motifs is 3. The second kappa shape index (κ2) is 8.10. The highest BCUT2D eigenvalue weighted by molar-refractivity contribution is 7.99. The summed E-state index contributed by atoms with van der Waals surface area (Å²) >= 11 is 0.889. The van der Waals surface area contributed by atoms with Crippen LogP contribution in [0.25, 0.3) is 5.65 Å². The van der Waals surface area contributed by atoms with Crippen LogP contribution >= 0.6 is 11.8 Å². The molecule has 34 heavy (non-hydrogen) atoms. The minimum atomic E-state index is -4.53. The van der Waals surface area contributed by atoms with Gasteiger partial charge in [0.15, 0.2) is 22.4 Å². The lowest BCUT2D eigenvalue weighted by molar-refractivity contribution is -0.137. The second-order valence-electron chi connectivity index (χ2n) is 7.40. The van der Waals surface area contributed by atoms with Crippen molar-refractivity contribution in [2.75, 3.05) is 11.1 Å². The highest BCUT2D eigenvalue weighted by atomic mass is 32.2. The van der Waals surface area contributed by atoms with Crippen molar-refractivity contribution in [1.82, 2.24) is 14.6 Å². The van der Waals surface area contributed by atoms with E-state index in [2.05, 4.69) is 15.5 Å². The Morgan fingerprint density at radius 2 is 1.62 bits per heavy atom. The summed E-state index contributed by atoms with van der Waals surface area (Å²) in [5, 5.41) is 10.4. The summed E-state index contributed by atoms with van der Waals surface area (Å²) in [6.07, 6.45) is -3.67. The molecule has 0 radical (unpaired) electrons. The Kier molecular flexibility index (Phi) is 5.20. The van der Waals surface area contributed by atoms with Crippen LogP contribution in [0.1, 0.15) is 37.4 Å². The first kappa shape index (κ1) is 21.8. The Balaban J connectivity index is 1.37. The lowest BCUT2D eigenvalue weighted by atomic mass is 9.83. The second-order valence-corrected chi connectivity index (χ2v) is 8.34. The number of nitrogens with zero attached hydrogens (tertiary/aromatic N) is 3. The van der Waals surface area contributed by atoms with E-state index in [0.717, 1.165) is 28.4 Å². The molecule has 0 fully saturated rings. The van der Waals surface area contributed by atoms with E-state index in [1.54, 1.807) is 30.3 Å². The summed E-state index contributed by atoms with van der Waals surface area (Å²) in [6, 6.07) is 13.1.